The summed E-state index contributed by atoms with van der Waals surface area (Å²) in [7, 11) is 0. The van der Waals surface area contributed by atoms with E-state index in [2.05, 4.69) is 10.6 Å². The SMILES string of the molecule is CCOc1cccc(NC(=O)CNC(=O)c2ccc(Cl)c(Cl)c2)c1. The van der Waals surface area contributed by atoms with Crippen LogP contribution in [0.5, 0.6) is 5.75 Å². The van der Waals surface area contributed by atoms with Crippen LogP contribution in [0.4, 0.5) is 5.69 Å². The van der Waals surface area contributed by atoms with Gasteiger partial charge in [-0.15, -0.1) is 0 Å². The van der Waals surface area contributed by atoms with E-state index < -0.39 is 5.91 Å². The van der Waals surface area contributed by atoms with Crippen molar-refractivity contribution in [3.8, 4) is 5.75 Å². The number of carbonyl (C=O) groups is 2. The molecule has 0 aromatic heterocycles. The molecule has 0 saturated carbocycles. The van der Waals surface area contributed by atoms with E-state index >= 15 is 0 Å². The summed E-state index contributed by atoms with van der Waals surface area (Å²) < 4.78 is 5.36. The third-order valence-corrected chi connectivity index (χ3v) is 3.76. The van der Waals surface area contributed by atoms with Gasteiger partial charge in [0, 0.05) is 17.3 Å². The van der Waals surface area contributed by atoms with Gasteiger partial charge >= 0.3 is 0 Å². The fraction of sp³-hybridized carbons (Fsp3) is 0.176. The van der Waals surface area contributed by atoms with Gasteiger partial charge in [0.25, 0.3) is 5.91 Å². The summed E-state index contributed by atoms with van der Waals surface area (Å²) in [5.41, 5.74) is 0.922. The zero-order valence-corrected chi connectivity index (χ0v) is 14.4. The van der Waals surface area contributed by atoms with Crippen LogP contribution in [0.15, 0.2) is 42.5 Å². The Bertz CT molecular complexity index is 750. The average molecular weight is 367 g/mol. The number of carbonyl (C=O) groups excluding carboxylic acids is 2. The smallest absolute Gasteiger partial charge is 0.251 e. The highest BCUT2D eigenvalue weighted by Crippen LogP contribution is 2.22. The fourth-order valence-corrected chi connectivity index (χ4v) is 2.23. The molecule has 0 radical (unpaired) electrons. The Morgan fingerprint density at radius 3 is 2.58 bits per heavy atom. The van der Waals surface area contributed by atoms with Crippen molar-refractivity contribution in [3.63, 3.8) is 0 Å². The number of nitrogens with one attached hydrogen (secondary N) is 2. The number of rotatable bonds is 6. The Morgan fingerprint density at radius 1 is 1.08 bits per heavy atom. The zero-order chi connectivity index (χ0) is 17.5. The van der Waals surface area contributed by atoms with Crippen molar-refractivity contribution in [3.05, 3.63) is 58.1 Å². The maximum atomic E-state index is 12.0. The lowest BCUT2D eigenvalue weighted by Crippen LogP contribution is -2.32. The Hall–Kier alpha value is -2.24. The first-order valence-corrected chi connectivity index (χ1v) is 8.01. The molecule has 0 unspecified atom stereocenters. The van der Waals surface area contributed by atoms with E-state index in [4.69, 9.17) is 27.9 Å². The van der Waals surface area contributed by atoms with Crippen LogP contribution < -0.4 is 15.4 Å². The molecule has 5 nitrogen and oxygen atoms in total. The number of hydrogen-bond acceptors (Lipinski definition) is 3. The number of halogens is 2. The Kier molecular flexibility index (Phi) is 6.46. The van der Waals surface area contributed by atoms with Gasteiger partial charge in [-0.05, 0) is 37.3 Å². The predicted molar refractivity (Wildman–Crippen MR) is 95.0 cm³/mol. The lowest BCUT2D eigenvalue weighted by molar-refractivity contribution is -0.115. The Balaban J connectivity index is 1.89. The van der Waals surface area contributed by atoms with Gasteiger partial charge in [-0.25, -0.2) is 0 Å². The second-order valence-corrected chi connectivity index (χ2v) is 5.63. The van der Waals surface area contributed by atoms with E-state index in [1.165, 1.54) is 18.2 Å². The summed E-state index contributed by atoms with van der Waals surface area (Å²) in [5.74, 6) is -0.0982. The standard InChI is InChI=1S/C17H16Cl2N2O3/c1-2-24-13-5-3-4-12(9-13)21-16(22)10-20-17(23)11-6-7-14(18)15(19)8-11/h3-9H,2,10H2,1H3,(H,20,23)(H,21,22). The molecule has 0 aliphatic heterocycles. The van der Waals surface area contributed by atoms with Crippen LogP contribution >= 0.6 is 23.2 Å². The highest BCUT2D eigenvalue weighted by Gasteiger charge is 2.10. The first kappa shape index (κ1) is 18.1. The van der Waals surface area contributed by atoms with Crippen LogP contribution in [0.2, 0.25) is 10.0 Å². The number of ether oxygens (including phenoxy) is 1. The van der Waals surface area contributed by atoms with Crippen molar-refractivity contribution in [1.82, 2.24) is 5.32 Å². The van der Waals surface area contributed by atoms with Crippen LogP contribution in [0.25, 0.3) is 0 Å². The van der Waals surface area contributed by atoms with E-state index in [9.17, 15) is 9.59 Å². The number of anilines is 1. The fourth-order valence-electron chi connectivity index (χ4n) is 1.94. The monoisotopic (exact) mass is 366 g/mol. The van der Waals surface area contributed by atoms with E-state index in [0.717, 1.165) is 0 Å². The molecule has 0 fully saturated rings. The van der Waals surface area contributed by atoms with Gasteiger partial charge in [0.05, 0.1) is 23.2 Å². The lowest BCUT2D eigenvalue weighted by Gasteiger charge is -2.09. The molecule has 2 N–H and O–H groups in total. The molecule has 0 heterocycles. The Morgan fingerprint density at radius 2 is 1.88 bits per heavy atom. The highest BCUT2D eigenvalue weighted by atomic mass is 35.5. The van der Waals surface area contributed by atoms with Crippen LogP contribution in [0.3, 0.4) is 0 Å². The highest BCUT2D eigenvalue weighted by molar-refractivity contribution is 6.42. The van der Waals surface area contributed by atoms with Gasteiger partial charge in [-0.3, -0.25) is 9.59 Å². The van der Waals surface area contributed by atoms with Gasteiger partial charge in [0.1, 0.15) is 5.75 Å². The second kappa shape index (κ2) is 8.57. The van der Waals surface area contributed by atoms with Crippen molar-refractivity contribution in [2.24, 2.45) is 0 Å². The molecule has 2 rings (SSSR count). The first-order valence-electron chi connectivity index (χ1n) is 7.25. The molecule has 2 amide bonds. The van der Waals surface area contributed by atoms with Crippen LogP contribution in [0, 0.1) is 0 Å². The Labute approximate surface area is 149 Å². The largest absolute Gasteiger partial charge is 0.494 e. The van der Waals surface area contributed by atoms with Gasteiger partial charge in [0.15, 0.2) is 0 Å². The summed E-state index contributed by atoms with van der Waals surface area (Å²) in [6.07, 6.45) is 0. The quantitative estimate of drug-likeness (QED) is 0.817. The van der Waals surface area contributed by atoms with Crippen molar-refractivity contribution in [2.45, 2.75) is 6.92 Å². The minimum atomic E-state index is -0.410. The summed E-state index contributed by atoms with van der Waals surface area (Å²) in [5, 5.41) is 5.85. The molecular weight excluding hydrogens is 351 g/mol. The molecule has 0 spiro atoms. The number of benzene rings is 2. The summed E-state index contributed by atoms with van der Waals surface area (Å²) in [4.78, 5) is 23.9. The molecular formula is C17H16Cl2N2O3. The maximum Gasteiger partial charge on any atom is 0.251 e. The van der Waals surface area contributed by atoms with Gasteiger partial charge in [0.2, 0.25) is 5.91 Å². The van der Waals surface area contributed by atoms with E-state index in [1.807, 2.05) is 6.92 Å². The predicted octanol–water partition coefficient (Wildman–Crippen LogP) is 3.76. The van der Waals surface area contributed by atoms with Crippen molar-refractivity contribution in [2.75, 3.05) is 18.5 Å². The third kappa shape index (κ3) is 5.15. The van der Waals surface area contributed by atoms with Crippen LogP contribution in [-0.4, -0.2) is 25.0 Å². The molecule has 24 heavy (non-hydrogen) atoms. The summed E-state index contributed by atoms with van der Waals surface area (Å²) in [6, 6.07) is 11.5. The summed E-state index contributed by atoms with van der Waals surface area (Å²) >= 11 is 11.7. The van der Waals surface area contributed by atoms with Crippen molar-refractivity contribution >= 4 is 40.7 Å². The van der Waals surface area contributed by atoms with Crippen molar-refractivity contribution < 1.29 is 14.3 Å². The molecule has 0 atom stereocenters. The van der Waals surface area contributed by atoms with E-state index in [-0.39, 0.29) is 17.5 Å². The zero-order valence-electron chi connectivity index (χ0n) is 12.9. The van der Waals surface area contributed by atoms with E-state index in [0.29, 0.717) is 28.6 Å². The van der Waals surface area contributed by atoms with Gasteiger partial charge < -0.3 is 15.4 Å². The molecule has 0 aliphatic carbocycles. The second-order valence-electron chi connectivity index (χ2n) is 4.82. The topological polar surface area (TPSA) is 67.4 Å². The average Bonchev–Trinajstić information content (AvgIpc) is 2.56. The summed E-state index contributed by atoms with van der Waals surface area (Å²) in [6.45, 7) is 2.25. The van der Waals surface area contributed by atoms with Gasteiger partial charge in [-0.1, -0.05) is 29.3 Å². The lowest BCUT2D eigenvalue weighted by atomic mass is 10.2. The number of hydrogen-bond donors (Lipinski definition) is 2. The molecule has 2 aromatic carbocycles. The molecule has 0 aliphatic rings. The molecule has 2 aromatic rings. The van der Waals surface area contributed by atoms with Crippen molar-refractivity contribution in [1.29, 1.82) is 0 Å². The molecule has 126 valence electrons. The maximum absolute atomic E-state index is 12.0. The molecule has 0 saturated heterocycles. The minimum absolute atomic E-state index is 0.169. The van der Waals surface area contributed by atoms with Crippen LogP contribution in [0.1, 0.15) is 17.3 Å². The van der Waals surface area contributed by atoms with Crippen LogP contribution in [-0.2, 0) is 4.79 Å². The van der Waals surface area contributed by atoms with Gasteiger partial charge in [-0.2, -0.15) is 0 Å². The third-order valence-electron chi connectivity index (χ3n) is 3.02. The first-order chi connectivity index (χ1) is 11.5. The number of amides is 2. The minimum Gasteiger partial charge on any atom is -0.494 e. The molecule has 0 bridgehead atoms. The van der Waals surface area contributed by atoms with E-state index in [1.54, 1.807) is 24.3 Å². The molecule has 7 heteroatoms. The normalized spacial score (nSPS) is 10.1.